The molecule has 0 aliphatic heterocycles. The van der Waals surface area contributed by atoms with Gasteiger partial charge in [0.2, 0.25) is 11.7 Å². The third-order valence-electron chi connectivity index (χ3n) is 5.73. The summed E-state index contributed by atoms with van der Waals surface area (Å²) in [6.07, 6.45) is 7.38. The Morgan fingerprint density at radius 3 is 2.58 bits per heavy atom. The van der Waals surface area contributed by atoms with Crippen molar-refractivity contribution in [2.75, 3.05) is 0 Å². The number of carbonyl (C=O) groups is 1. The van der Waals surface area contributed by atoms with Gasteiger partial charge in [0, 0.05) is 6.04 Å². The van der Waals surface area contributed by atoms with Crippen LogP contribution >= 0.6 is 11.8 Å². The van der Waals surface area contributed by atoms with E-state index in [1.165, 1.54) is 43.2 Å². The Labute approximate surface area is 185 Å². The summed E-state index contributed by atoms with van der Waals surface area (Å²) in [5.74, 6) is 1.01. The zero-order valence-electron chi connectivity index (χ0n) is 17.8. The van der Waals surface area contributed by atoms with Gasteiger partial charge in [0.1, 0.15) is 5.82 Å². The zero-order chi connectivity index (χ0) is 21.8. The average molecular weight is 443 g/mol. The van der Waals surface area contributed by atoms with Crippen LogP contribution in [0.25, 0.3) is 11.6 Å². The van der Waals surface area contributed by atoms with Crippen LogP contribution in [0, 0.1) is 5.82 Å². The Morgan fingerprint density at radius 2 is 1.90 bits per heavy atom. The average Bonchev–Trinajstić information content (AvgIpc) is 3.44. The second-order valence-corrected chi connectivity index (χ2v) is 9.30. The van der Waals surface area contributed by atoms with Gasteiger partial charge in [0.05, 0.1) is 17.6 Å². The molecule has 1 aromatic carbocycles. The fourth-order valence-corrected chi connectivity index (χ4v) is 4.91. The number of amides is 1. The Bertz CT molecular complexity index is 997. The van der Waals surface area contributed by atoms with Gasteiger partial charge in [-0.3, -0.25) is 9.36 Å². The van der Waals surface area contributed by atoms with Crippen molar-refractivity contribution in [3.05, 3.63) is 54.0 Å². The highest BCUT2D eigenvalue weighted by molar-refractivity contribution is 8.00. The molecular weight excluding hydrogens is 415 g/mol. The SMILES string of the molecule is C[C@H](Sc1nnc(-c2ccco2)n1C1CCCCC1)C(=O)N[C@@H](C)c1ccc(F)cc1. The van der Waals surface area contributed by atoms with Crippen LogP contribution in [-0.2, 0) is 4.79 Å². The van der Waals surface area contributed by atoms with Gasteiger partial charge in [0.25, 0.3) is 0 Å². The number of rotatable bonds is 7. The number of thioether (sulfide) groups is 1. The number of nitrogens with zero attached hydrogens (tertiary/aromatic N) is 3. The van der Waals surface area contributed by atoms with Gasteiger partial charge < -0.3 is 9.73 Å². The Morgan fingerprint density at radius 1 is 1.16 bits per heavy atom. The van der Waals surface area contributed by atoms with Crippen LogP contribution < -0.4 is 5.32 Å². The Hall–Kier alpha value is -2.61. The van der Waals surface area contributed by atoms with Crippen LogP contribution in [0.5, 0.6) is 0 Å². The van der Waals surface area contributed by atoms with Gasteiger partial charge in [-0.2, -0.15) is 0 Å². The van der Waals surface area contributed by atoms with E-state index < -0.39 is 0 Å². The van der Waals surface area contributed by atoms with E-state index in [1.54, 1.807) is 18.4 Å². The summed E-state index contributed by atoms with van der Waals surface area (Å²) in [5.41, 5.74) is 0.859. The molecule has 0 saturated heterocycles. The summed E-state index contributed by atoms with van der Waals surface area (Å²) >= 11 is 1.41. The molecule has 2 heterocycles. The molecule has 1 saturated carbocycles. The maximum atomic E-state index is 13.2. The standard InChI is InChI=1S/C23H27FN4O2S/c1-15(17-10-12-18(24)13-11-17)25-22(29)16(2)31-23-27-26-21(20-9-6-14-30-20)28(23)19-7-4-3-5-8-19/h6,9-16,19H,3-5,7-8H2,1-2H3,(H,25,29)/t15-,16-/m0/s1. The molecule has 2 atom stereocenters. The fraction of sp³-hybridized carbons (Fsp3) is 0.435. The molecule has 3 aromatic rings. The molecule has 1 fully saturated rings. The zero-order valence-corrected chi connectivity index (χ0v) is 18.6. The van der Waals surface area contributed by atoms with Crippen LogP contribution in [0.3, 0.4) is 0 Å². The molecule has 1 aliphatic carbocycles. The Kier molecular flexibility index (Phi) is 6.75. The molecule has 8 heteroatoms. The molecule has 0 bridgehead atoms. The fourth-order valence-electron chi connectivity index (χ4n) is 3.98. The number of nitrogens with one attached hydrogen (secondary N) is 1. The van der Waals surface area contributed by atoms with E-state index in [-0.39, 0.29) is 23.0 Å². The third kappa shape index (κ3) is 5.01. The first-order valence-corrected chi connectivity index (χ1v) is 11.6. The molecule has 1 N–H and O–H groups in total. The highest BCUT2D eigenvalue weighted by Gasteiger charge is 2.27. The lowest BCUT2D eigenvalue weighted by Gasteiger charge is -2.25. The van der Waals surface area contributed by atoms with Crippen molar-refractivity contribution in [2.24, 2.45) is 0 Å². The summed E-state index contributed by atoms with van der Waals surface area (Å²) in [5, 5.41) is 12.2. The van der Waals surface area contributed by atoms with Crippen molar-refractivity contribution in [1.82, 2.24) is 20.1 Å². The van der Waals surface area contributed by atoms with E-state index in [1.807, 2.05) is 26.0 Å². The number of carbonyl (C=O) groups excluding carboxylic acids is 1. The van der Waals surface area contributed by atoms with Crippen molar-refractivity contribution in [3.63, 3.8) is 0 Å². The van der Waals surface area contributed by atoms with E-state index in [2.05, 4.69) is 20.1 Å². The first-order chi connectivity index (χ1) is 15.0. The van der Waals surface area contributed by atoms with Crippen LogP contribution in [0.15, 0.2) is 52.2 Å². The van der Waals surface area contributed by atoms with Crippen molar-refractivity contribution in [1.29, 1.82) is 0 Å². The monoisotopic (exact) mass is 442 g/mol. The summed E-state index contributed by atoms with van der Waals surface area (Å²) in [6, 6.07) is 10.00. The van der Waals surface area contributed by atoms with Crippen molar-refractivity contribution >= 4 is 17.7 Å². The second-order valence-electron chi connectivity index (χ2n) is 7.99. The lowest BCUT2D eigenvalue weighted by atomic mass is 9.95. The predicted octanol–water partition coefficient (Wildman–Crippen LogP) is 5.54. The summed E-state index contributed by atoms with van der Waals surface area (Å²) in [4.78, 5) is 12.8. The van der Waals surface area contributed by atoms with Gasteiger partial charge in [0.15, 0.2) is 10.9 Å². The molecule has 164 valence electrons. The second kappa shape index (κ2) is 9.68. The van der Waals surface area contributed by atoms with Gasteiger partial charge >= 0.3 is 0 Å². The maximum absolute atomic E-state index is 13.2. The molecule has 0 unspecified atom stereocenters. The number of furan rings is 1. The molecule has 1 amide bonds. The summed E-state index contributed by atoms with van der Waals surface area (Å²) < 4.78 is 20.9. The van der Waals surface area contributed by atoms with E-state index >= 15 is 0 Å². The molecule has 6 nitrogen and oxygen atoms in total. The molecule has 4 rings (SSSR count). The molecule has 31 heavy (non-hydrogen) atoms. The quantitative estimate of drug-likeness (QED) is 0.486. The van der Waals surface area contributed by atoms with E-state index in [4.69, 9.17) is 4.42 Å². The number of hydrogen-bond donors (Lipinski definition) is 1. The third-order valence-corrected chi connectivity index (χ3v) is 6.78. The Balaban J connectivity index is 1.50. The minimum atomic E-state index is -0.362. The number of benzene rings is 1. The minimum absolute atomic E-state index is 0.0976. The first-order valence-electron chi connectivity index (χ1n) is 10.7. The lowest BCUT2D eigenvalue weighted by molar-refractivity contribution is -0.120. The number of aromatic nitrogens is 3. The van der Waals surface area contributed by atoms with Crippen LogP contribution in [0.2, 0.25) is 0 Å². The van der Waals surface area contributed by atoms with Gasteiger partial charge in [-0.1, -0.05) is 43.2 Å². The highest BCUT2D eigenvalue weighted by Crippen LogP contribution is 2.36. The van der Waals surface area contributed by atoms with Gasteiger partial charge in [-0.25, -0.2) is 4.39 Å². The summed E-state index contributed by atoms with van der Waals surface area (Å²) in [6.45, 7) is 3.76. The van der Waals surface area contributed by atoms with Crippen LogP contribution in [-0.4, -0.2) is 25.9 Å². The minimum Gasteiger partial charge on any atom is -0.461 e. The van der Waals surface area contributed by atoms with E-state index in [9.17, 15) is 9.18 Å². The van der Waals surface area contributed by atoms with Crippen molar-refractivity contribution in [2.45, 2.75) is 68.4 Å². The lowest BCUT2D eigenvalue weighted by Crippen LogP contribution is -2.33. The van der Waals surface area contributed by atoms with Crippen molar-refractivity contribution < 1.29 is 13.6 Å². The molecule has 1 aliphatic rings. The molecule has 0 spiro atoms. The van der Waals surface area contributed by atoms with Crippen LogP contribution in [0.4, 0.5) is 4.39 Å². The molecular formula is C23H27FN4O2S. The highest BCUT2D eigenvalue weighted by atomic mass is 32.2. The predicted molar refractivity (Wildman–Crippen MR) is 118 cm³/mol. The van der Waals surface area contributed by atoms with E-state index in [0.29, 0.717) is 17.6 Å². The molecule has 0 radical (unpaired) electrons. The van der Waals surface area contributed by atoms with E-state index in [0.717, 1.165) is 23.6 Å². The largest absolute Gasteiger partial charge is 0.461 e. The smallest absolute Gasteiger partial charge is 0.233 e. The normalized spacial score (nSPS) is 16.7. The molecule has 2 aromatic heterocycles. The van der Waals surface area contributed by atoms with Crippen molar-refractivity contribution in [3.8, 4) is 11.6 Å². The number of halogens is 1. The first kappa shape index (κ1) is 21.6. The van der Waals surface area contributed by atoms with Gasteiger partial charge in [-0.15, -0.1) is 10.2 Å². The summed E-state index contributed by atoms with van der Waals surface area (Å²) in [7, 11) is 0. The van der Waals surface area contributed by atoms with Crippen LogP contribution in [0.1, 0.15) is 63.6 Å². The van der Waals surface area contributed by atoms with Gasteiger partial charge in [-0.05, 0) is 56.5 Å². The maximum Gasteiger partial charge on any atom is 0.233 e. The number of hydrogen-bond acceptors (Lipinski definition) is 5. The topological polar surface area (TPSA) is 73.0 Å².